The number of ether oxygens (including phenoxy) is 1. The van der Waals surface area contributed by atoms with E-state index in [4.69, 9.17) is 4.74 Å². The van der Waals surface area contributed by atoms with Gasteiger partial charge >= 0.3 is 0 Å². The molecule has 0 amide bonds. The average molecular weight is 192 g/mol. The van der Waals surface area contributed by atoms with Crippen LogP contribution in [-0.4, -0.2) is 17.3 Å². The third kappa shape index (κ3) is 1.41. The molecule has 0 saturated carbocycles. The number of methoxy groups -OCH3 is 1. The van der Waals surface area contributed by atoms with Gasteiger partial charge in [0.15, 0.2) is 5.79 Å². The lowest BCUT2D eigenvalue weighted by Crippen LogP contribution is -2.26. The summed E-state index contributed by atoms with van der Waals surface area (Å²) in [4.78, 5) is 0. The van der Waals surface area contributed by atoms with Crippen LogP contribution < -0.4 is 4.74 Å². The number of hydrogen-bond acceptors (Lipinski definition) is 3. The Bertz CT molecular complexity index is 380. The molecule has 74 valence electrons. The molecule has 0 fully saturated rings. The molecule has 0 saturated heterocycles. The Hall–Kier alpha value is -1.32. The van der Waals surface area contributed by atoms with Crippen LogP contribution >= 0.6 is 0 Å². The summed E-state index contributed by atoms with van der Waals surface area (Å²) in [6.07, 6.45) is 3.83. The van der Waals surface area contributed by atoms with E-state index in [1.807, 2.05) is 12.1 Å². The normalized spacial score (nSPS) is 17.6. The third-order valence-corrected chi connectivity index (χ3v) is 2.39. The largest absolute Gasteiger partial charge is 0.497 e. The van der Waals surface area contributed by atoms with Crippen LogP contribution in [0.15, 0.2) is 24.3 Å². The van der Waals surface area contributed by atoms with Gasteiger partial charge in [-0.2, -0.15) is 0 Å². The van der Waals surface area contributed by atoms with Crippen LogP contribution in [-0.2, 0) is 5.79 Å². The van der Waals surface area contributed by atoms with Crippen molar-refractivity contribution in [2.24, 2.45) is 0 Å². The molecule has 3 heteroatoms. The summed E-state index contributed by atoms with van der Waals surface area (Å²) in [5.41, 5.74) is 1.32. The highest BCUT2D eigenvalue weighted by atomic mass is 16.5. The summed E-state index contributed by atoms with van der Waals surface area (Å²) in [6, 6.07) is 5.26. The lowest BCUT2D eigenvalue weighted by atomic mass is 9.92. The van der Waals surface area contributed by atoms with Crippen molar-refractivity contribution in [1.82, 2.24) is 0 Å². The van der Waals surface area contributed by atoms with E-state index in [9.17, 15) is 10.2 Å². The minimum absolute atomic E-state index is 0.215. The highest BCUT2D eigenvalue weighted by Gasteiger charge is 2.29. The summed E-state index contributed by atoms with van der Waals surface area (Å²) >= 11 is 0. The SMILES string of the molecule is COc1ccc2c(c1)C(O)(O)CC=C2. The number of hydrogen-bond donors (Lipinski definition) is 2. The molecule has 0 spiro atoms. The van der Waals surface area contributed by atoms with Crippen LogP contribution in [0, 0.1) is 0 Å². The zero-order valence-electron chi connectivity index (χ0n) is 7.90. The Morgan fingerprint density at radius 3 is 2.86 bits per heavy atom. The number of fused-ring (bicyclic) bond motifs is 1. The van der Waals surface area contributed by atoms with E-state index in [2.05, 4.69) is 0 Å². The van der Waals surface area contributed by atoms with Gasteiger partial charge in [-0.1, -0.05) is 18.2 Å². The van der Waals surface area contributed by atoms with Gasteiger partial charge in [-0.05, 0) is 17.7 Å². The van der Waals surface area contributed by atoms with Gasteiger partial charge in [-0.25, -0.2) is 0 Å². The van der Waals surface area contributed by atoms with Crippen molar-refractivity contribution in [3.05, 3.63) is 35.4 Å². The van der Waals surface area contributed by atoms with Crippen LogP contribution in [0.4, 0.5) is 0 Å². The van der Waals surface area contributed by atoms with Gasteiger partial charge in [-0.15, -0.1) is 0 Å². The average Bonchev–Trinajstić information content (AvgIpc) is 2.17. The van der Waals surface area contributed by atoms with Crippen molar-refractivity contribution < 1.29 is 14.9 Å². The zero-order chi connectivity index (χ0) is 10.2. The maximum atomic E-state index is 9.70. The Kier molecular flexibility index (Phi) is 2.06. The summed E-state index contributed by atoms with van der Waals surface area (Å²) in [5, 5.41) is 19.4. The van der Waals surface area contributed by atoms with Gasteiger partial charge in [0.05, 0.1) is 7.11 Å². The Balaban J connectivity index is 2.55. The second kappa shape index (κ2) is 3.12. The molecule has 0 aromatic heterocycles. The molecule has 0 atom stereocenters. The summed E-state index contributed by atoms with van der Waals surface area (Å²) in [7, 11) is 1.55. The highest BCUT2D eigenvalue weighted by Crippen LogP contribution is 2.33. The predicted octanol–water partition coefficient (Wildman–Crippen LogP) is 1.25. The Labute approximate surface area is 82.3 Å². The smallest absolute Gasteiger partial charge is 0.194 e. The van der Waals surface area contributed by atoms with E-state index in [0.717, 1.165) is 5.56 Å². The van der Waals surface area contributed by atoms with Gasteiger partial charge in [-0.3, -0.25) is 0 Å². The molecule has 0 bridgehead atoms. The first kappa shape index (κ1) is 9.24. The maximum Gasteiger partial charge on any atom is 0.194 e. The molecule has 1 aromatic carbocycles. The summed E-state index contributed by atoms with van der Waals surface area (Å²) < 4.78 is 5.03. The molecule has 1 aliphatic rings. The van der Waals surface area contributed by atoms with Gasteiger partial charge in [0, 0.05) is 12.0 Å². The molecule has 2 rings (SSSR count). The van der Waals surface area contributed by atoms with Gasteiger partial charge < -0.3 is 14.9 Å². The summed E-state index contributed by atoms with van der Waals surface area (Å²) in [5.74, 6) is -1.13. The third-order valence-electron chi connectivity index (χ3n) is 2.39. The van der Waals surface area contributed by atoms with E-state index in [1.165, 1.54) is 0 Å². The topological polar surface area (TPSA) is 49.7 Å². The molecule has 1 aromatic rings. The fraction of sp³-hybridized carbons (Fsp3) is 0.273. The highest BCUT2D eigenvalue weighted by molar-refractivity contribution is 5.59. The molecular weight excluding hydrogens is 180 g/mol. The molecule has 2 N–H and O–H groups in total. The Morgan fingerprint density at radius 2 is 2.14 bits per heavy atom. The van der Waals surface area contributed by atoms with E-state index in [1.54, 1.807) is 25.3 Å². The van der Waals surface area contributed by atoms with Crippen LogP contribution in [0.1, 0.15) is 17.5 Å². The van der Waals surface area contributed by atoms with E-state index < -0.39 is 5.79 Å². The number of benzene rings is 1. The first-order valence-corrected chi connectivity index (χ1v) is 4.43. The fourth-order valence-electron chi connectivity index (χ4n) is 1.61. The van der Waals surface area contributed by atoms with Crippen LogP contribution in [0.3, 0.4) is 0 Å². The minimum atomic E-state index is -1.77. The Morgan fingerprint density at radius 1 is 1.36 bits per heavy atom. The summed E-state index contributed by atoms with van der Waals surface area (Å²) in [6.45, 7) is 0. The van der Waals surface area contributed by atoms with Crippen molar-refractivity contribution in [2.75, 3.05) is 7.11 Å². The number of aliphatic hydroxyl groups is 2. The standard InChI is InChI=1S/C11H12O3/c1-14-9-5-4-8-3-2-6-11(12,13)10(8)7-9/h2-5,7,12-13H,6H2,1H3. The quantitative estimate of drug-likeness (QED) is 0.658. The molecule has 1 aliphatic carbocycles. The van der Waals surface area contributed by atoms with Crippen LogP contribution in [0.25, 0.3) is 6.08 Å². The minimum Gasteiger partial charge on any atom is -0.497 e. The second-order valence-corrected chi connectivity index (χ2v) is 3.38. The van der Waals surface area contributed by atoms with Gasteiger partial charge in [0.25, 0.3) is 0 Å². The molecule has 0 radical (unpaired) electrons. The fourth-order valence-corrected chi connectivity index (χ4v) is 1.61. The lowest BCUT2D eigenvalue weighted by Gasteiger charge is -2.26. The van der Waals surface area contributed by atoms with Crippen molar-refractivity contribution in [2.45, 2.75) is 12.2 Å². The van der Waals surface area contributed by atoms with Crippen molar-refractivity contribution in [3.63, 3.8) is 0 Å². The lowest BCUT2D eigenvalue weighted by molar-refractivity contribution is -0.167. The predicted molar refractivity (Wildman–Crippen MR) is 52.8 cm³/mol. The van der Waals surface area contributed by atoms with E-state index in [-0.39, 0.29) is 6.42 Å². The van der Waals surface area contributed by atoms with Crippen molar-refractivity contribution >= 4 is 6.08 Å². The van der Waals surface area contributed by atoms with Crippen molar-refractivity contribution in [1.29, 1.82) is 0 Å². The monoisotopic (exact) mass is 192 g/mol. The molecular formula is C11H12O3. The van der Waals surface area contributed by atoms with E-state index >= 15 is 0 Å². The number of rotatable bonds is 1. The first-order chi connectivity index (χ1) is 6.63. The molecule has 0 aliphatic heterocycles. The van der Waals surface area contributed by atoms with Crippen LogP contribution in [0.2, 0.25) is 0 Å². The molecule has 0 unspecified atom stereocenters. The second-order valence-electron chi connectivity index (χ2n) is 3.38. The maximum absolute atomic E-state index is 9.70. The van der Waals surface area contributed by atoms with E-state index in [0.29, 0.717) is 11.3 Å². The van der Waals surface area contributed by atoms with Gasteiger partial charge in [0.2, 0.25) is 0 Å². The van der Waals surface area contributed by atoms with Crippen LogP contribution in [0.5, 0.6) is 5.75 Å². The van der Waals surface area contributed by atoms with Gasteiger partial charge in [0.1, 0.15) is 5.75 Å². The molecule has 0 heterocycles. The van der Waals surface area contributed by atoms with Crippen molar-refractivity contribution in [3.8, 4) is 5.75 Å². The molecule has 14 heavy (non-hydrogen) atoms. The first-order valence-electron chi connectivity index (χ1n) is 4.43. The molecule has 3 nitrogen and oxygen atoms in total. The zero-order valence-corrected chi connectivity index (χ0v) is 7.90.